The van der Waals surface area contributed by atoms with Gasteiger partial charge in [-0.3, -0.25) is 4.79 Å². The van der Waals surface area contributed by atoms with Crippen molar-refractivity contribution in [3.8, 4) is 0 Å². The second-order valence-electron chi connectivity index (χ2n) is 4.87. The first kappa shape index (κ1) is 12.5. The van der Waals surface area contributed by atoms with Gasteiger partial charge < -0.3 is 4.98 Å². The molecule has 1 aromatic heterocycles. The first-order chi connectivity index (χ1) is 8.39. The summed E-state index contributed by atoms with van der Waals surface area (Å²) in [4.78, 5) is 18.6. The van der Waals surface area contributed by atoms with Gasteiger partial charge >= 0.3 is 0 Å². The zero-order valence-electron chi connectivity index (χ0n) is 10.6. The van der Waals surface area contributed by atoms with Gasteiger partial charge in [0.15, 0.2) is 0 Å². The number of aromatic nitrogens is 2. The van der Waals surface area contributed by atoms with Crippen LogP contribution in [-0.2, 0) is 5.41 Å². The van der Waals surface area contributed by atoms with Gasteiger partial charge in [-0.15, -0.1) is 0 Å². The van der Waals surface area contributed by atoms with E-state index in [0.717, 1.165) is 5.56 Å². The number of hydrogen-bond acceptors (Lipinski definition) is 2. The Bertz CT molecular complexity index is 614. The second kappa shape index (κ2) is 4.37. The predicted molar refractivity (Wildman–Crippen MR) is 68.1 cm³/mol. The van der Waals surface area contributed by atoms with Gasteiger partial charge in [0.25, 0.3) is 5.56 Å². The molecule has 0 saturated heterocycles. The van der Waals surface area contributed by atoms with Crippen molar-refractivity contribution in [1.82, 2.24) is 9.97 Å². The van der Waals surface area contributed by atoms with Crippen LogP contribution in [0.2, 0.25) is 0 Å². The van der Waals surface area contributed by atoms with Gasteiger partial charge in [0.1, 0.15) is 11.6 Å². The van der Waals surface area contributed by atoms with Crippen LogP contribution in [0.3, 0.4) is 0 Å². The molecule has 0 spiro atoms. The van der Waals surface area contributed by atoms with Crippen LogP contribution < -0.4 is 5.56 Å². The van der Waals surface area contributed by atoms with Gasteiger partial charge in [0.05, 0.1) is 0 Å². The Balaban J connectivity index is 2.53. The summed E-state index contributed by atoms with van der Waals surface area (Å²) in [6, 6.07) is 7.68. The lowest BCUT2D eigenvalue weighted by Crippen LogP contribution is -2.26. The van der Waals surface area contributed by atoms with Crippen LogP contribution >= 0.6 is 0 Å². The fraction of sp³-hybridized carbons (Fsp3) is 0.286. The SMILES string of the molecule is Cc1cc(=O)[nH]c(C(C)(C)c2ccc(F)cc2)n1. The number of nitrogens with one attached hydrogen (secondary N) is 1. The van der Waals surface area contributed by atoms with E-state index in [9.17, 15) is 9.18 Å². The van der Waals surface area contributed by atoms with Crippen molar-refractivity contribution >= 4 is 0 Å². The van der Waals surface area contributed by atoms with E-state index < -0.39 is 5.41 Å². The molecule has 94 valence electrons. The van der Waals surface area contributed by atoms with Crippen LogP contribution in [-0.4, -0.2) is 9.97 Å². The molecule has 2 aromatic rings. The quantitative estimate of drug-likeness (QED) is 0.885. The molecule has 0 aliphatic rings. The van der Waals surface area contributed by atoms with E-state index in [1.54, 1.807) is 19.1 Å². The lowest BCUT2D eigenvalue weighted by molar-refractivity contribution is 0.578. The number of nitrogens with zero attached hydrogens (tertiary/aromatic N) is 1. The fourth-order valence-electron chi connectivity index (χ4n) is 1.88. The van der Waals surface area contributed by atoms with E-state index in [1.807, 2.05) is 13.8 Å². The van der Waals surface area contributed by atoms with Crippen LogP contribution in [0.1, 0.15) is 30.9 Å². The number of benzene rings is 1. The third-order valence-electron chi connectivity index (χ3n) is 3.03. The molecule has 18 heavy (non-hydrogen) atoms. The summed E-state index contributed by atoms with van der Waals surface area (Å²) in [6.45, 7) is 5.66. The summed E-state index contributed by atoms with van der Waals surface area (Å²) in [6.07, 6.45) is 0. The molecule has 0 atom stereocenters. The highest BCUT2D eigenvalue weighted by molar-refractivity contribution is 5.31. The topological polar surface area (TPSA) is 45.8 Å². The highest BCUT2D eigenvalue weighted by Gasteiger charge is 2.26. The number of rotatable bonds is 2. The van der Waals surface area contributed by atoms with Crippen LogP contribution in [0.4, 0.5) is 4.39 Å². The predicted octanol–water partition coefficient (Wildman–Crippen LogP) is 2.54. The molecular formula is C14H15FN2O. The molecule has 1 heterocycles. The van der Waals surface area contributed by atoms with Gasteiger partial charge in [-0.05, 0) is 38.5 Å². The lowest BCUT2D eigenvalue weighted by Gasteiger charge is -2.24. The standard InChI is InChI=1S/C14H15FN2O/c1-9-8-12(18)17-13(16-9)14(2,3)10-4-6-11(15)7-5-10/h4-8H,1-3H3,(H,16,17,18). The molecule has 0 saturated carbocycles. The third kappa shape index (κ3) is 2.32. The number of halogens is 1. The Hall–Kier alpha value is -1.97. The van der Waals surface area contributed by atoms with E-state index in [2.05, 4.69) is 9.97 Å². The Kier molecular flexibility index (Phi) is 3.03. The molecule has 4 heteroatoms. The minimum atomic E-state index is -0.473. The molecule has 0 unspecified atom stereocenters. The normalized spacial score (nSPS) is 11.6. The maximum absolute atomic E-state index is 12.9. The molecule has 1 N–H and O–H groups in total. The summed E-state index contributed by atoms with van der Waals surface area (Å²) in [5.41, 5.74) is 0.924. The molecule has 1 aromatic carbocycles. The molecule has 0 amide bonds. The smallest absolute Gasteiger partial charge is 0.251 e. The van der Waals surface area contributed by atoms with Crippen molar-refractivity contribution in [3.05, 3.63) is 63.6 Å². The van der Waals surface area contributed by atoms with Crippen LogP contribution in [0.25, 0.3) is 0 Å². The maximum atomic E-state index is 12.9. The van der Waals surface area contributed by atoms with E-state index in [1.165, 1.54) is 18.2 Å². The summed E-state index contributed by atoms with van der Waals surface area (Å²) in [5.74, 6) is 0.305. The van der Waals surface area contributed by atoms with E-state index >= 15 is 0 Å². The Morgan fingerprint density at radius 1 is 1.22 bits per heavy atom. The molecule has 0 aliphatic carbocycles. The highest BCUT2D eigenvalue weighted by atomic mass is 19.1. The molecule has 2 rings (SSSR count). The van der Waals surface area contributed by atoms with Crippen LogP contribution in [0.5, 0.6) is 0 Å². The van der Waals surface area contributed by atoms with Gasteiger partial charge in [-0.1, -0.05) is 12.1 Å². The number of hydrogen-bond donors (Lipinski definition) is 1. The molecular weight excluding hydrogens is 231 g/mol. The van der Waals surface area contributed by atoms with E-state index in [-0.39, 0.29) is 11.4 Å². The number of H-pyrrole nitrogens is 1. The van der Waals surface area contributed by atoms with Crippen molar-refractivity contribution in [2.45, 2.75) is 26.2 Å². The largest absolute Gasteiger partial charge is 0.310 e. The van der Waals surface area contributed by atoms with Crippen molar-refractivity contribution in [2.24, 2.45) is 0 Å². The van der Waals surface area contributed by atoms with Gasteiger partial charge in [0, 0.05) is 17.2 Å². The molecule has 0 aliphatic heterocycles. The fourth-order valence-corrected chi connectivity index (χ4v) is 1.88. The Labute approximate surface area is 105 Å². The number of aryl methyl sites for hydroxylation is 1. The molecule has 0 radical (unpaired) electrons. The number of aromatic amines is 1. The molecule has 0 fully saturated rings. The van der Waals surface area contributed by atoms with E-state index in [4.69, 9.17) is 0 Å². The summed E-state index contributed by atoms with van der Waals surface area (Å²) < 4.78 is 12.9. The Morgan fingerprint density at radius 2 is 1.83 bits per heavy atom. The molecule has 3 nitrogen and oxygen atoms in total. The second-order valence-corrected chi connectivity index (χ2v) is 4.87. The lowest BCUT2D eigenvalue weighted by atomic mass is 9.83. The average Bonchev–Trinajstić information content (AvgIpc) is 2.28. The highest BCUT2D eigenvalue weighted by Crippen LogP contribution is 2.28. The van der Waals surface area contributed by atoms with Gasteiger partial charge in [-0.25, -0.2) is 9.37 Å². The van der Waals surface area contributed by atoms with Gasteiger partial charge in [-0.2, -0.15) is 0 Å². The summed E-state index contributed by atoms with van der Waals surface area (Å²) in [7, 11) is 0. The maximum Gasteiger partial charge on any atom is 0.251 e. The van der Waals surface area contributed by atoms with E-state index in [0.29, 0.717) is 11.5 Å². The minimum absolute atomic E-state index is 0.173. The average molecular weight is 246 g/mol. The van der Waals surface area contributed by atoms with Crippen LogP contribution in [0, 0.1) is 12.7 Å². The summed E-state index contributed by atoms with van der Waals surface area (Å²) >= 11 is 0. The zero-order chi connectivity index (χ0) is 13.3. The van der Waals surface area contributed by atoms with Gasteiger partial charge in [0.2, 0.25) is 0 Å². The minimum Gasteiger partial charge on any atom is -0.310 e. The Morgan fingerprint density at radius 3 is 2.39 bits per heavy atom. The zero-order valence-corrected chi connectivity index (χ0v) is 10.6. The monoisotopic (exact) mass is 246 g/mol. The third-order valence-corrected chi connectivity index (χ3v) is 3.03. The van der Waals surface area contributed by atoms with Crippen LogP contribution in [0.15, 0.2) is 35.1 Å². The van der Waals surface area contributed by atoms with Crippen molar-refractivity contribution in [1.29, 1.82) is 0 Å². The van der Waals surface area contributed by atoms with Crippen molar-refractivity contribution in [2.75, 3.05) is 0 Å². The first-order valence-corrected chi connectivity index (χ1v) is 5.74. The van der Waals surface area contributed by atoms with Crippen molar-refractivity contribution < 1.29 is 4.39 Å². The summed E-state index contributed by atoms with van der Waals surface area (Å²) in [5, 5.41) is 0. The first-order valence-electron chi connectivity index (χ1n) is 5.74. The van der Waals surface area contributed by atoms with Crippen molar-refractivity contribution in [3.63, 3.8) is 0 Å². The molecule has 0 bridgehead atoms.